The van der Waals surface area contributed by atoms with Crippen LogP contribution < -0.4 is 15.8 Å². The molecule has 7 heteroatoms. The fourth-order valence-corrected chi connectivity index (χ4v) is 1.86. The number of rotatable bonds is 7. The molecule has 0 heterocycles. The van der Waals surface area contributed by atoms with Crippen LogP contribution in [0.4, 0.5) is 8.78 Å². The molecule has 0 spiro atoms. The maximum Gasteiger partial charge on any atom is 0.255 e. The average Bonchev–Trinajstić information content (AvgIpc) is 2.48. The summed E-state index contributed by atoms with van der Waals surface area (Å²) in [6, 6.07) is 10.6. The summed E-state index contributed by atoms with van der Waals surface area (Å²) < 4.78 is 31.4. The van der Waals surface area contributed by atoms with E-state index >= 15 is 0 Å². The Morgan fingerprint density at radius 1 is 1.09 bits per heavy atom. The van der Waals surface area contributed by atoms with E-state index in [0.29, 0.717) is 24.4 Å². The van der Waals surface area contributed by atoms with Gasteiger partial charge >= 0.3 is 0 Å². The number of carbonyl (C=O) groups is 1. The minimum atomic E-state index is -0.590. The van der Waals surface area contributed by atoms with Crippen molar-refractivity contribution < 1.29 is 18.3 Å². The molecule has 23 heavy (non-hydrogen) atoms. The number of hydrogen-bond donors (Lipinski definition) is 2. The molecule has 0 saturated heterocycles. The summed E-state index contributed by atoms with van der Waals surface area (Å²) in [5, 5.41) is 3.07. The third-order valence-corrected chi connectivity index (χ3v) is 2.96. The highest BCUT2D eigenvalue weighted by Crippen LogP contribution is 2.13. The van der Waals surface area contributed by atoms with Gasteiger partial charge in [0, 0.05) is 24.7 Å². The second kappa shape index (κ2) is 9.07. The summed E-state index contributed by atoms with van der Waals surface area (Å²) in [7, 11) is 0. The molecule has 2 rings (SSSR count). The molecule has 2 aromatic rings. The largest absolute Gasteiger partial charge is 0.484 e. The zero-order valence-electron chi connectivity index (χ0n) is 12.2. The molecule has 0 bridgehead atoms. The van der Waals surface area contributed by atoms with Crippen molar-refractivity contribution in [2.45, 2.75) is 13.1 Å². The Hall–Kier alpha value is -2.18. The summed E-state index contributed by atoms with van der Waals surface area (Å²) >= 11 is 0. The van der Waals surface area contributed by atoms with Crippen LogP contribution in [0.3, 0.4) is 0 Å². The first-order valence-electron chi connectivity index (χ1n) is 6.69. The van der Waals surface area contributed by atoms with Gasteiger partial charge < -0.3 is 15.8 Å². The predicted octanol–water partition coefficient (Wildman–Crippen LogP) is 2.54. The van der Waals surface area contributed by atoms with Crippen molar-refractivity contribution in [2.24, 2.45) is 5.73 Å². The van der Waals surface area contributed by atoms with Crippen LogP contribution >= 0.6 is 12.4 Å². The first kappa shape index (κ1) is 18.9. The van der Waals surface area contributed by atoms with Crippen LogP contribution in [0.25, 0.3) is 0 Å². The van der Waals surface area contributed by atoms with Crippen molar-refractivity contribution in [2.75, 3.05) is 6.61 Å². The van der Waals surface area contributed by atoms with Gasteiger partial charge in [0.15, 0.2) is 6.61 Å². The summed E-state index contributed by atoms with van der Waals surface area (Å²) in [6.07, 6.45) is 0. The van der Waals surface area contributed by atoms with Crippen molar-refractivity contribution in [3.05, 3.63) is 65.2 Å². The van der Waals surface area contributed by atoms with Crippen LogP contribution in [0.15, 0.2) is 42.5 Å². The molecule has 0 atom stereocenters. The molecular weight excluding hydrogens is 326 g/mol. The maximum atomic E-state index is 13.4. The first-order chi connectivity index (χ1) is 10.5. The summed E-state index contributed by atoms with van der Waals surface area (Å²) in [5.74, 6) is -1.14. The predicted molar refractivity (Wildman–Crippen MR) is 85.3 cm³/mol. The van der Waals surface area contributed by atoms with Gasteiger partial charge in [0.2, 0.25) is 0 Å². The van der Waals surface area contributed by atoms with Crippen molar-refractivity contribution >= 4 is 18.3 Å². The quantitative estimate of drug-likeness (QED) is 0.812. The lowest BCUT2D eigenvalue weighted by Gasteiger charge is -2.08. The van der Waals surface area contributed by atoms with Crippen molar-refractivity contribution in [1.82, 2.24) is 5.32 Å². The Morgan fingerprint density at radius 3 is 2.39 bits per heavy atom. The number of carbonyl (C=O) groups excluding carboxylic acids is 1. The molecule has 0 aliphatic carbocycles. The Balaban J connectivity index is 0.00000264. The topological polar surface area (TPSA) is 64.4 Å². The second-order valence-electron chi connectivity index (χ2n) is 4.74. The molecule has 0 aromatic heterocycles. The lowest BCUT2D eigenvalue weighted by atomic mass is 10.2. The van der Waals surface area contributed by atoms with E-state index in [4.69, 9.17) is 10.5 Å². The minimum absolute atomic E-state index is 0. The molecule has 3 N–H and O–H groups in total. The number of nitrogens with one attached hydrogen (secondary N) is 1. The molecule has 0 aliphatic heterocycles. The summed E-state index contributed by atoms with van der Waals surface area (Å²) in [5.41, 5.74) is 6.36. The number of primary amides is 1. The Morgan fingerprint density at radius 2 is 1.78 bits per heavy atom. The van der Waals surface area contributed by atoms with Gasteiger partial charge in [0.05, 0.1) is 0 Å². The number of benzene rings is 2. The van der Waals surface area contributed by atoms with E-state index < -0.39 is 17.5 Å². The molecule has 124 valence electrons. The van der Waals surface area contributed by atoms with Crippen LogP contribution in [0, 0.1) is 11.6 Å². The van der Waals surface area contributed by atoms with Crippen molar-refractivity contribution in [3.8, 4) is 5.75 Å². The van der Waals surface area contributed by atoms with E-state index in [2.05, 4.69) is 5.32 Å². The average molecular weight is 343 g/mol. The molecule has 0 fully saturated rings. The molecule has 0 saturated carbocycles. The normalized spacial score (nSPS) is 10.0. The lowest BCUT2D eigenvalue weighted by molar-refractivity contribution is -0.119. The molecule has 2 aromatic carbocycles. The van der Waals surface area contributed by atoms with E-state index in [1.807, 2.05) is 12.1 Å². The highest BCUT2D eigenvalue weighted by molar-refractivity contribution is 5.85. The van der Waals surface area contributed by atoms with Gasteiger partial charge in [0.25, 0.3) is 5.91 Å². The Kier molecular flexibility index (Phi) is 7.44. The molecule has 0 unspecified atom stereocenters. The smallest absolute Gasteiger partial charge is 0.255 e. The van der Waals surface area contributed by atoms with Crippen molar-refractivity contribution in [3.63, 3.8) is 0 Å². The third kappa shape index (κ3) is 6.22. The zero-order chi connectivity index (χ0) is 15.9. The van der Waals surface area contributed by atoms with Gasteiger partial charge in [-0.3, -0.25) is 4.79 Å². The van der Waals surface area contributed by atoms with Gasteiger partial charge in [-0.2, -0.15) is 0 Å². The van der Waals surface area contributed by atoms with E-state index in [0.717, 1.165) is 11.6 Å². The van der Waals surface area contributed by atoms with Crippen LogP contribution in [0.5, 0.6) is 5.75 Å². The maximum absolute atomic E-state index is 13.4. The van der Waals surface area contributed by atoms with E-state index in [-0.39, 0.29) is 19.0 Å². The van der Waals surface area contributed by atoms with Crippen LogP contribution in [-0.2, 0) is 17.9 Å². The number of amides is 1. The molecule has 0 radical (unpaired) electrons. The van der Waals surface area contributed by atoms with E-state index in [1.165, 1.54) is 12.1 Å². The SMILES string of the molecule is Cl.NC(=O)COc1ccc(CNCc2ccc(F)cc2F)cc1. The highest BCUT2D eigenvalue weighted by Gasteiger charge is 2.03. The number of ether oxygens (including phenoxy) is 1. The van der Waals surface area contributed by atoms with Gasteiger partial charge in [-0.1, -0.05) is 18.2 Å². The van der Waals surface area contributed by atoms with Crippen LogP contribution in [-0.4, -0.2) is 12.5 Å². The summed E-state index contributed by atoms with van der Waals surface area (Å²) in [6.45, 7) is 0.653. The summed E-state index contributed by atoms with van der Waals surface area (Å²) in [4.78, 5) is 10.6. The Bertz CT molecular complexity index is 651. The number of hydrogen-bond acceptors (Lipinski definition) is 3. The molecule has 4 nitrogen and oxygen atoms in total. The molecule has 0 aliphatic rings. The second-order valence-corrected chi connectivity index (χ2v) is 4.74. The minimum Gasteiger partial charge on any atom is -0.484 e. The van der Waals surface area contributed by atoms with E-state index in [1.54, 1.807) is 12.1 Å². The first-order valence-corrected chi connectivity index (χ1v) is 6.69. The van der Waals surface area contributed by atoms with Gasteiger partial charge in [-0.05, 0) is 23.8 Å². The van der Waals surface area contributed by atoms with Crippen molar-refractivity contribution in [1.29, 1.82) is 0 Å². The van der Waals surface area contributed by atoms with E-state index in [9.17, 15) is 13.6 Å². The third-order valence-electron chi connectivity index (χ3n) is 2.96. The lowest BCUT2D eigenvalue weighted by Crippen LogP contribution is -2.20. The van der Waals surface area contributed by atoms with Crippen LogP contribution in [0.2, 0.25) is 0 Å². The Labute approximate surface area is 139 Å². The number of nitrogens with two attached hydrogens (primary N) is 1. The fourth-order valence-electron chi connectivity index (χ4n) is 1.86. The standard InChI is InChI=1S/C16H16F2N2O2.ClH/c17-13-4-3-12(15(18)7-13)9-20-8-11-1-5-14(6-2-11)22-10-16(19)21;/h1-7,20H,8-10H2,(H2,19,21);1H. The number of halogens is 3. The highest BCUT2D eigenvalue weighted by atomic mass is 35.5. The fraction of sp³-hybridized carbons (Fsp3) is 0.188. The zero-order valence-corrected chi connectivity index (χ0v) is 13.0. The van der Waals surface area contributed by atoms with Gasteiger partial charge in [-0.15, -0.1) is 12.4 Å². The van der Waals surface area contributed by atoms with Gasteiger partial charge in [-0.25, -0.2) is 8.78 Å². The van der Waals surface area contributed by atoms with Gasteiger partial charge in [0.1, 0.15) is 17.4 Å². The molecule has 1 amide bonds. The molecular formula is C16H17ClF2N2O2. The van der Waals surface area contributed by atoms with Crippen LogP contribution in [0.1, 0.15) is 11.1 Å². The monoisotopic (exact) mass is 342 g/mol.